The molecule has 1 rings (SSSR count). The van der Waals surface area contributed by atoms with Crippen molar-refractivity contribution in [3.63, 3.8) is 0 Å². The van der Waals surface area contributed by atoms with Gasteiger partial charge in [-0.05, 0) is 44.2 Å². The van der Waals surface area contributed by atoms with Crippen LogP contribution in [0.4, 0.5) is 5.69 Å². The van der Waals surface area contributed by atoms with Crippen LogP contribution in [0.1, 0.15) is 43.5 Å². The van der Waals surface area contributed by atoms with E-state index in [1.807, 2.05) is 0 Å². The number of carbonyl (C=O) groups is 2. The minimum Gasteiger partial charge on any atom is -0.325 e. The van der Waals surface area contributed by atoms with Gasteiger partial charge in [0.1, 0.15) is 0 Å². The second-order valence-corrected chi connectivity index (χ2v) is 4.57. The number of nitrogens with one attached hydrogen (secondary N) is 2. The lowest BCUT2D eigenvalue weighted by atomic mass is 10.1. The van der Waals surface area contributed by atoms with Crippen molar-refractivity contribution in [1.29, 1.82) is 0 Å². The van der Waals surface area contributed by atoms with Gasteiger partial charge in [0.05, 0.1) is 6.54 Å². The van der Waals surface area contributed by atoms with Crippen molar-refractivity contribution in [2.24, 2.45) is 0 Å². The van der Waals surface area contributed by atoms with Crippen LogP contribution in [-0.2, 0) is 4.79 Å². The lowest BCUT2D eigenvalue weighted by molar-refractivity contribution is -0.115. The molecule has 19 heavy (non-hydrogen) atoms. The Morgan fingerprint density at radius 2 is 1.79 bits per heavy atom. The number of carbonyl (C=O) groups excluding carboxylic acids is 2. The molecule has 0 bridgehead atoms. The van der Waals surface area contributed by atoms with Crippen molar-refractivity contribution in [2.75, 3.05) is 18.4 Å². The molecule has 0 atom stereocenters. The fourth-order valence-electron chi connectivity index (χ4n) is 1.70. The van der Waals surface area contributed by atoms with Crippen molar-refractivity contribution < 1.29 is 9.59 Å². The first-order valence-corrected chi connectivity index (χ1v) is 6.75. The summed E-state index contributed by atoms with van der Waals surface area (Å²) in [7, 11) is 0. The third-order valence-electron chi connectivity index (χ3n) is 2.82. The second-order valence-electron chi connectivity index (χ2n) is 4.57. The van der Waals surface area contributed by atoms with E-state index in [9.17, 15) is 9.59 Å². The van der Waals surface area contributed by atoms with E-state index in [-0.39, 0.29) is 11.7 Å². The van der Waals surface area contributed by atoms with Crippen molar-refractivity contribution >= 4 is 17.4 Å². The van der Waals surface area contributed by atoms with Crippen LogP contribution in [0.15, 0.2) is 24.3 Å². The summed E-state index contributed by atoms with van der Waals surface area (Å²) < 4.78 is 0. The predicted molar refractivity (Wildman–Crippen MR) is 77.5 cm³/mol. The monoisotopic (exact) mass is 262 g/mol. The number of rotatable bonds is 8. The van der Waals surface area contributed by atoms with Crippen LogP contribution < -0.4 is 10.6 Å². The van der Waals surface area contributed by atoms with E-state index in [4.69, 9.17) is 0 Å². The maximum atomic E-state index is 11.6. The van der Waals surface area contributed by atoms with Gasteiger partial charge in [-0.2, -0.15) is 0 Å². The number of benzene rings is 1. The third-order valence-corrected chi connectivity index (χ3v) is 2.82. The molecule has 4 heteroatoms. The van der Waals surface area contributed by atoms with Crippen molar-refractivity contribution in [1.82, 2.24) is 5.32 Å². The van der Waals surface area contributed by atoms with E-state index in [0.29, 0.717) is 17.8 Å². The third kappa shape index (κ3) is 6.15. The van der Waals surface area contributed by atoms with Gasteiger partial charge in [0.2, 0.25) is 5.91 Å². The van der Waals surface area contributed by atoms with E-state index >= 15 is 0 Å². The Hall–Kier alpha value is -1.68. The quantitative estimate of drug-likeness (QED) is 0.559. The van der Waals surface area contributed by atoms with Gasteiger partial charge in [0.25, 0.3) is 0 Å². The van der Waals surface area contributed by atoms with Crippen LogP contribution in [0.2, 0.25) is 0 Å². The molecular formula is C15H22N2O2. The van der Waals surface area contributed by atoms with E-state index in [1.165, 1.54) is 19.8 Å². The van der Waals surface area contributed by atoms with Crippen LogP contribution in [-0.4, -0.2) is 24.8 Å². The van der Waals surface area contributed by atoms with Crippen molar-refractivity contribution in [3.05, 3.63) is 29.8 Å². The molecule has 0 unspecified atom stereocenters. The normalized spacial score (nSPS) is 10.2. The molecule has 0 saturated heterocycles. The van der Waals surface area contributed by atoms with Gasteiger partial charge in [-0.15, -0.1) is 0 Å². The summed E-state index contributed by atoms with van der Waals surface area (Å²) in [4.78, 5) is 22.7. The minimum absolute atomic E-state index is 0.0236. The number of ketones is 1. The number of Topliss-reactive ketones (excluding diaryl/α,β-unsaturated/α-hetero) is 1. The highest BCUT2D eigenvalue weighted by molar-refractivity contribution is 5.96. The molecule has 0 aliphatic heterocycles. The highest BCUT2D eigenvalue weighted by Crippen LogP contribution is 2.09. The maximum absolute atomic E-state index is 11.6. The topological polar surface area (TPSA) is 58.2 Å². The van der Waals surface area contributed by atoms with Gasteiger partial charge in [-0.1, -0.05) is 19.8 Å². The van der Waals surface area contributed by atoms with Gasteiger partial charge in [0.15, 0.2) is 5.78 Å². The first-order chi connectivity index (χ1) is 9.13. The molecular weight excluding hydrogens is 240 g/mol. The van der Waals surface area contributed by atoms with Gasteiger partial charge in [-0.3, -0.25) is 9.59 Å². The minimum atomic E-state index is -0.0629. The van der Waals surface area contributed by atoms with E-state index in [0.717, 1.165) is 13.0 Å². The molecule has 1 aromatic carbocycles. The SMILES string of the molecule is CCCCCNCC(=O)Nc1ccc(C(C)=O)cc1. The fraction of sp³-hybridized carbons (Fsp3) is 0.467. The maximum Gasteiger partial charge on any atom is 0.238 e. The largest absolute Gasteiger partial charge is 0.325 e. The first-order valence-electron chi connectivity index (χ1n) is 6.75. The van der Waals surface area contributed by atoms with E-state index in [1.54, 1.807) is 24.3 Å². The Morgan fingerprint density at radius 3 is 2.37 bits per heavy atom. The summed E-state index contributed by atoms with van der Waals surface area (Å²) in [6, 6.07) is 6.91. The molecule has 4 nitrogen and oxygen atoms in total. The molecule has 0 radical (unpaired) electrons. The Balaban J connectivity index is 2.30. The Kier molecular flexibility index (Phi) is 6.82. The Labute approximate surface area is 114 Å². The molecule has 1 aromatic rings. The fourth-order valence-corrected chi connectivity index (χ4v) is 1.70. The zero-order valence-corrected chi connectivity index (χ0v) is 11.7. The molecule has 0 spiro atoms. The second kappa shape index (κ2) is 8.43. The van der Waals surface area contributed by atoms with Gasteiger partial charge in [-0.25, -0.2) is 0 Å². The highest BCUT2D eigenvalue weighted by atomic mass is 16.2. The zero-order chi connectivity index (χ0) is 14.1. The van der Waals surface area contributed by atoms with Gasteiger partial charge in [0, 0.05) is 11.3 Å². The van der Waals surface area contributed by atoms with Crippen LogP contribution in [0.5, 0.6) is 0 Å². The van der Waals surface area contributed by atoms with Crippen LogP contribution in [0.3, 0.4) is 0 Å². The number of hydrogen-bond acceptors (Lipinski definition) is 3. The lowest BCUT2D eigenvalue weighted by Gasteiger charge is -2.07. The number of anilines is 1. The smallest absolute Gasteiger partial charge is 0.238 e. The molecule has 0 aromatic heterocycles. The summed E-state index contributed by atoms with van der Waals surface area (Å²) in [6.45, 7) is 4.86. The Morgan fingerprint density at radius 1 is 1.11 bits per heavy atom. The van der Waals surface area contributed by atoms with Crippen LogP contribution >= 0.6 is 0 Å². The average Bonchev–Trinajstić information content (AvgIpc) is 2.39. The summed E-state index contributed by atoms with van der Waals surface area (Å²) in [5.74, 6) is -0.0393. The predicted octanol–water partition coefficient (Wildman–Crippen LogP) is 2.61. The van der Waals surface area contributed by atoms with E-state index < -0.39 is 0 Å². The molecule has 104 valence electrons. The molecule has 1 amide bonds. The summed E-state index contributed by atoms with van der Waals surface area (Å²) in [5.41, 5.74) is 1.36. The summed E-state index contributed by atoms with van der Waals surface area (Å²) in [6.07, 6.45) is 3.45. The van der Waals surface area contributed by atoms with Gasteiger partial charge < -0.3 is 10.6 Å². The first kappa shape index (κ1) is 15.4. The Bertz CT molecular complexity index is 413. The lowest BCUT2D eigenvalue weighted by Crippen LogP contribution is -2.28. The van der Waals surface area contributed by atoms with Crippen LogP contribution in [0.25, 0.3) is 0 Å². The molecule has 0 fully saturated rings. The number of unbranched alkanes of at least 4 members (excludes halogenated alkanes) is 2. The van der Waals surface area contributed by atoms with E-state index in [2.05, 4.69) is 17.6 Å². The van der Waals surface area contributed by atoms with Gasteiger partial charge >= 0.3 is 0 Å². The van der Waals surface area contributed by atoms with Crippen LogP contribution in [0, 0.1) is 0 Å². The van der Waals surface area contributed by atoms with Crippen molar-refractivity contribution in [3.8, 4) is 0 Å². The molecule has 0 heterocycles. The number of amides is 1. The summed E-state index contributed by atoms with van der Waals surface area (Å²) >= 11 is 0. The standard InChI is InChI=1S/C15H22N2O2/c1-3-4-5-10-16-11-15(19)17-14-8-6-13(7-9-14)12(2)18/h6-9,16H,3-5,10-11H2,1-2H3,(H,17,19). The molecule has 0 saturated carbocycles. The van der Waals surface area contributed by atoms with Crippen molar-refractivity contribution in [2.45, 2.75) is 33.1 Å². The number of hydrogen-bond donors (Lipinski definition) is 2. The molecule has 0 aliphatic carbocycles. The highest BCUT2D eigenvalue weighted by Gasteiger charge is 2.03. The average molecular weight is 262 g/mol. The summed E-state index contributed by atoms with van der Waals surface area (Å²) in [5, 5.41) is 5.89. The zero-order valence-electron chi connectivity index (χ0n) is 11.7. The molecule has 2 N–H and O–H groups in total. The molecule has 0 aliphatic rings.